The van der Waals surface area contributed by atoms with Crippen molar-refractivity contribution in [3.63, 3.8) is 0 Å². The van der Waals surface area contributed by atoms with E-state index in [1.807, 2.05) is 0 Å². The van der Waals surface area contributed by atoms with E-state index in [9.17, 15) is 4.79 Å². The van der Waals surface area contributed by atoms with Crippen LogP contribution in [0, 0.1) is 0 Å². The number of rotatable bonds is 4. The zero-order valence-corrected chi connectivity index (χ0v) is 10.9. The lowest BCUT2D eigenvalue weighted by Gasteiger charge is -2.27. The van der Waals surface area contributed by atoms with Crippen molar-refractivity contribution in [2.75, 3.05) is 27.2 Å². The van der Waals surface area contributed by atoms with Gasteiger partial charge in [0.2, 0.25) is 5.89 Å². The average Bonchev–Trinajstić information content (AvgIpc) is 2.84. The van der Waals surface area contributed by atoms with Crippen molar-refractivity contribution in [1.29, 1.82) is 0 Å². The molecule has 0 saturated carbocycles. The molecule has 100 valence electrons. The van der Waals surface area contributed by atoms with Gasteiger partial charge in [0.25, 0.3) is 0 Å². The molecular formula is C12H19N3O3. The van der Waals surface area contributed by atoms with Gasteiger partial charge < -0.3 is 14.2 Å². The van der Waals surface area contributed by atoms with Crippen LogP contribution in [0.4, 0.5) is 0 Å². The number of likely N-dealkylation sites (N-methyl/N-ethyl adjacent to an activating group) is 1. The van der Waals surface area contributed by atoms with Gasteiger partial charge >= 0.3 is 5.97 Å². The summed E-state index contributed by atoms with van der Waals surface area (Å²) in [6, 6.07) is 0. The van der Waals surface area contributed by atoms with E-state index >= 15 is 0 Å². The third-order valence-corrected chi connectivity index (χ3v) is 3.24. The molecular weight excluding hydrogens is 234 g/mol. The number of carbonyl (C=O) groups excluding carboxylic acids is 1. The normalized spacial score (nSPS) is 20.9. The first-order chi connectivity index (χ1) is 8.69. The molecule has 18 heavy (non-hydrogen) atoms. The summed E-state index contributed by atoms with van der Waals surface area (Å²) < 4.78 is 9.73. The van der Waals surface area contributed by atoms with Crippen LogP contribution in [0.2, 0.25) is 0 Å². The van der Waals surface area contributed by atoms with Crippen molar-refractivity contribution in [1.82, 2.24) is 15.0 Å². The predicted octanol–water partition coefficient (Wildman–Crippen LogP) is 0.984. The van der Waals surface area contributed by atoms with E-state index in [1.165, 1.54) is 7.11 Å². The highest BCUT2D eigenvalue weighted by molar-refractivity contribution is 5.69. The lowest BCUT2D eigenvalue weighted by atomic mass is 9.98. The molecule has 6 heteroatoms. The number of esters is 1. The second-order valence-corrected chi connectivity index (χ2v) is 4.72. The summed E-state index contributed by atoms with van der Waals surface area (Å²) in [5.74, 6) is 1.37. The highest BCUT2D eigenvalue weighted by Gasteiger charge is 2.23. The minimum atomic E-state index is -0.257. The smallest absolute Gasteiger partial charge is 0.306 e. The van der Waals surface area contributed by atoms with Gasteiger partial charge in [-0.2, -0.15) is 4.98 Å². The van der Waals surface area contributed by atoms with Gasteiger partial charge in [0.1, 0.15) is 0 Å². The van der Waals surface area contributed by atoms with Crippen LogP contribution in [0.3, 0.4) is 0 Å². The van der Waals surface area contributed by atoms with Crippen LogP contribution >= 0.6 is 0 Å². The summed E-state index contributed by atoms with van der Waals surface area (Å²) in [4.78, 5) is 17.7. The predicted molar refractivity (Wildman–Crippen MR) is 64.1 cm³/mol. The Hall–Kier alpha value is -1.43. The number of likely N-dealkylation sites (tertiary alicyclic amines) is 1. The number of nitrogens with zero attached hydrogens (tertiary/aromatic N) is 3. The number of hydrogen-bond donors (Lipinski definition) is 0. The topological polar surface area (TPSA) is 68.5 Å². The largest absolute Gasteiger partial charge is 0.469 e. The van der Waals surface area contributed by atoms with Gasteiger partial charge in [-0.1, -0.05) is 5.16 Å². The van der Waals surface area contributed by atoms with Crippen LogP contribution in [0.15, 0.2) is 4.52 Å². The maximum absolute atomic E-state index is 11.0. The molecule has 1 saturated heterocycles. The highest BCUT2D eigenvalue weighted by atomic mass is 16.5. The van der Waals surface area contributed by atoms with Crippen molar-refractivity contribution in [2.24, 2.45) is 0 Å². The first kappa shape index (κ1) is 13.0. The average molecular weight is 253 g/mol. The van der Waals surface area contributed by atoms with Crippen LogP contribution in [-0.2, 0) is 16.0 Å². The first-order valence-corrected chi connectivity index (χ1v) is 6.27. The zero-order chi connectivity index (χ0) is 13.0. The van der Waals surface area contributed by atoms with Gasteiger partial charge in [0, 0.05) is 18.9 Å². The monoisotopic (exact) mass is 253 g/mol. The van der Waals surface area contributed by atoms with E-state index in [4.69, 9.17) is 4.52 Å². The van der Waals surface area contributed by atoms with E-state index in [0.717, 1.165) is 31.8 Å². The molecule has 2 rings (SSSR count). The second kappa shape index (κ2) is 5.95. The van der Waals surface area contributed by atoms with Crippen LogP contribution in [0.1, 0.15) is 36.9 Å². The number of piperidine rings is 1. The Kier molecular flexibility index (Phi) is 4.30. The summed E-state index contributed by atoms with van der Waals surface area (Å²) in [6.07, 6.45) is 2.98. The van der Waals surface area contributed by atoms with Crippen molar-refractivity contribution >= 4 is 5.97 Å². The molecule has 1 aromatic rings. The minimum Gasteiger partial charge on any atom is -0.469 e. The van der Waals surface area contributed by atoms with Gasteiger partial charge in [0.15, 0.2) is 5.82 Å². The fourth-order valence-electron chi connectivity index (χ4n) is 2.22. The number of aromatic nitrogens is 2. The van der Waals surface area contributed by atoms with Crippen molar-refractivity contribution in [3.8, 4) is 0 Å². The fraction of sp³-hybridized carbons (Fsp3) is 0.750. The van der Waals surface area contributed by atoms with Gasteiger partial charge in [-0.15, -0.1) is 0 Å². The van der Waals surface area contributed by atoms with Crippen LogP contribution < -0.4 is 0 Å². The van der Waals surface area contributed by atoms with Crippen LogP contribution in [0.5, 0.6) is 0 Å². The fourth-order valence-corrected chi connectivity index (χ4v) is 2.22. The van der Waals surface area contributed by atoms with E-state index in [2.05, 4.69) is 26.8 Å². The molecule has 6 nitrogen and oxygen atoms in total. The van der Waals surface area contributed by atoms with Gasteiger partial charge in [-0.05, 0) is 26.4 Å². The summed E-state index contributed by atoms with van der Waals surface area (Å²) in [6.45, 7) is 2.10. The van der Waals surface area contributed by atoms with Crippen molar-refractivity contribution < 1.29 is 14.1 Å². The third-order valence-electron chi connectivity index (χ3n) is 3.24. The van der Waals surface area contributed by atoms with Gasteiger partial charge in [-0.25, -0.2) is 0 Å². The van der Waals surface area contributed by atoms with E-state index in [-0.39, 0.29) is 12.4 Å². The summed E-state index contributed by atoms with van der Waals surface area (Å²) in [5.41, 5.74) is 0. The highest BCUT2D eigenvalue weighted by Crippen LogP contribution is 2.23. The first-order valence-electron chi connectivity index (χ1n) is 6.27. The number of methoxy groups -OCH3 is 1. The molecule has 0 N–H and O–H groups in total. The molecule has 0 bridgehead atoms. The van der Waals surface area contributed by atoms with Crippen LogP contribution in [-0.4, -0.2) is 48.3 Å². The molecule has 0 amide bonds. The zero-order valence-electron chi connectivity index (χ0n) is 10.9. The number of aryl methyl sites for hydroxylation is 1. The lowest BCUT2D eigenvalue weighted by molar-refractivity contribution is -0.140. The molecule has 1 aliphatic rings. The Morgan fingerprint density at radius 3 is 3.17 bits per heavy atom. The summed E-state index contributed by atoms with van der Waals surface area (Å²) >= 11 is 0. The molecule has 1 aromatic heterocycles. The number of hydrogen-bond acceptors (Lipinski definition) is 6. The Morgan fingerprint density at radius 2 is 2.44 bits per heavy atom. The van der Waals surface area contributed by atoms with E-state index in [0.29, 0.717) is 18.2 Å². The minimum absolute atomic E-state index is 0.257. The van der Waals surface area contributed by atoms with Crippen LogP contribution in [0.25, 0.3) is 0 Å². The Labute approximate surface area is 106 Å². The van der Waals surface area contributed by atoms with Crippen molar-refractivity contribution in [2.45, 2.75) is 31.6 Å². The number of ether oxygens (including phenoxy) is 1. The van der Waals surface area contributed by atoms with E-state index in [1.54, 1.807) is 0 Å². The molecule has 2 heterocycles. The lowest BCUT2D eigenvalue weighted by Crippen LogP contribution is -2.31. The molecule has 0 aromatic carbocycles. The van der Waals surface area contributed by atoms with Gasteiger partial charge in [0.05, 0.1) is 13.5 Å². The third kappa shape index (κ3) is 3.29. The Bertz CT molecular complexity index is 405. The maximum atomic E-state index is 11.0. The molecule has 0 radical (unpaired) electrons. The molecule has 1 aliphatic heterocycles. The molecule has 0 aliphatic carbocycles. The quantitative estimate of drug-likeness (QED) is 0.745. The number of carbonyl (C=O) groups is 1. The molecule has 0 spiro atoms. The van der Waals surface area contributed by atoms with Crippen molar-refractivity contribution in [3.05, 3.63) is 11.7 Å². The standard InChI is InChI=1S/C12H19N3O3/c1-15-7-3-4-9(8-15)12-13-10(18-14-12)5-6-11(16)17-2/h9H,3-8H2,1-2H3. The summed E-state index contributed by atoms with van der Waals surface area (Å²) in [5, 5.41) is 4.01. The maximum Gasteiger partial charge on any atom is 0.306 e. The van der Waals surface area contributed by atoms with Gasteiger partial charge in [-0.3, -0.25) is 4.79 Å². The molecule has 1 atom stereocenters. The molecule has 1 fully saturated rings. The molecule has 1 unspecified atom stereocenters. The summed E-state index contributed by atoms with van der Waals surface area (Å²) in [7, 11) is 3.48. The SMILES string of the molecule is COC(=O)CCc1nc(C2CCCN(C)C2)no1. The Morgan fingerprint density at radius 1 is 1.61 bits per heavy atom. The second-order valence-electron chi connectivity index (χ2n) is 4.72. The Balaban J connectivity index is 1.91. The van der Waals surface area contributed by atoms with E-state index < -0.39 is 0 Å².